The van der Waals surface area contributed by atoms with Crippen LogP contribution in [0.2, 0.25) is 0 Å². The molecule has 0 radical (unpaired) electrons. The fourth-order valence-corrected chi connectivity index (χ4v) is 2.60. The summed E-state index contributed by atoms with van der Waals surface area (Å²) in [4.78, 5) is 25.3. The Morgan fingerprint density at radius 2 is 2.14 bits per heavy atom. The Balaban J connectivity index is 2.09. The molecule has 1 N–H and O–H groups in total. The molecule has 1 aliphatic heterocycles. The molecular formula is C16H21NO4. The summed E-state index contributed by atoms with van der Waals surface area (Å²) in [6.07, 6.45) is 1.51. The summed E-state index contributed by atoms with van der Waals surface area (Å²) in [6, 6.07) is 7.53. The molecular weight excluding hydrogens is 270 g/mol. The van der Waals surface area contributed by atoms with Crippen LogP contribution < -0.4 is 4.90 Å². The van der Waals surface area contributed by atoms with Gasteiger partial charge in [-0.05, 0) is 31.4 Å². The number of fused-ring (bicyclic) bond motifs is 1. The zero-order chi connectivity index (χ0) is 15.2. The normalized spacial score (nSPS) is 17.4. The van der Waals surface area contributed by atoms with Crippen molar-refractivity contribution in [2.24, 2.45) is 5.92 Å². The molecule has 1 aromatic rings. The summed E-state index contributed by atoms with van der Waals surface area (Å²) in [5, 5.41) is 9.25. The van der Waals surface area contributed by atoms with Crippen molar-refractivity contribution in [2.45, 2.75) is 26.2 Å². The van der Waals surface area contributed by atoms with Crippen molar-refractivity contribution in [3.05, 3.63) is 29.8 Å². The SMILES string of the molecule is CCOCCCC(=O)N1CC(C(=O)O)Cc2ccccc21. The lowest BCUT2D eigenvalue weighted by molar-refractivity contribution is -0.141. The average molecular weight is 291 g/mol. The second-order valence-electron chi connectivity index (χ2n) is 5.17. The fraction of sp³-hybridized carbons (Fsp3) is 0.500. The molecule has 2 rings (SSSR count). The number of anilines is 1. The van der Waals surface area contributed by atoms with E-state index in [1.807, 2.05) is 31.2 Å². The Labute approximate surface area is 124 Å². The maximum Gasteiger partial charge on any atom is 0.308 e. The Kier molecular flexibility index (Phi) is 5.33. The summed E-state index contributed by atoms with van der Waals surface area (Å²) in [5.41, 5.74) is 1.77. The van der Waals surface area contributed by atoms with Crippen molar-refractivity contribution in [1.29, 1.82) is 0 Å². The van der Waals surface area contributed by atoms with Crippen LogP contribution in [0.4, 0.5) is 5.69 Å². The van der Waals surface area contributed by atoms with E-state index < -0.39 is 11.9 Å². The number of para-hydroxylation sites is 1. The number of carboxylic acids is 1. The smallest absolute Gasteiger partial charge is 0.308 e. The van der Waals surface area contributed by atoms with Crippen LogP contribution >= 0.6 is 0 Å². The molecule has 5 nitrogen and oxygen atoms in total. The quantitative estimate of drug-likeness (QED) is 0.815. The van der Waals surface area contributed by atoms with Gasteiger partial charge in [0.15, 0.2) is 0 Å². The molecule has 1 heterocycles. The molecule has 0 bridgehead atoms. The highest BCUT2D eigenvalue weighted by atomic mass is 16.5. The summed E-state index contributed by atoms with van der Waals surface area (Å²) in [7, 11) is 0. The third kappa shape index (κ3) is 3.82. The molecule has 114 valence electrons. The lowest BCUT2D eigenvalue weighted by Crippen LogP contribution is -2.42. The monoisotopic (exact) mass is 291 g/mol. The maximum absolute atomic E-state index is 12.4. The average Bonchev–Trinajstić information content (AvgIpc) is 2.50. The lowest BCUT2D eigenvalue weighted by Gasteiger charge is -2.33. The first kappa shape index (κ1) is 15.5. The van der Waals surface area contributed by atoms with E-state index in [0.29, 0.717) is 32.5 Å². The molecule has 0 aliphatic carbocycles. The van der Waals surface area contributed by atoms with Crippen molar-refractivity contribution < 1.29 is 19.4 Å². The maximum atomic E-state index is 12.4. The molecule has 0 fully saturated rings. The van der Waals surface area contributed by atoms with Gasteiger partial charge in [-0.25, -0.2) is 0 Å². The van der Waals surface area contributed by atoms with Crippen molar-refractivity contribution in [3.63, 3.8) is 0 Å². The Morgan fingerprint density at radius 1 is 1.38 bits per heavy atom. The van der Waals surface area contributed by atoms with Crippen LogP contribution in [0.5, 0.6) is 0 Å². The summed E-state index contributed by atoms with van der Waals surface area (Å²) in [5.74, 6) is -1.42. The Hall–Kier alpha value is -1.88. The second-order valence-corrected chi connectivity index (χ2v) is 5.17. The molecule has 0 saturated carbocycles. The molecule has 0 spiro atoms. The van der Waals surface area contributed by atoms with Crippen LogP contribution in [0, 0.1) is 5.92 Å². The predicted octanol–water partition coefficient (Wildman–Crippen LogP) is 2.09. The third-order valence-electron chi connectivity index (χ3n) is 3.69. The van der Waals surface area contributed by atoms with Crippen LogP contribution in [0.15, 0.2) is 24.3 Å². The number of carbonyl (C=O) groups excluding carboxylic acids is 1. The molecule has 5 heteroatoms. The number of aliphatic carboxylic acids is 1. The fourth-order valence-electron chi connectivity index (χ4n) is 2.60. The van der Waals surface area contributed by atoms with Gasteiger partial charge in [0, 0.05) is 31.9 Å². The van der Waals surface area contributed by atoms with E-state index in [9.17, 15) is 14.7 Å². The third-order valence-corrected chi connectivity index (χ3v) is 3.69. The second kappa shape index (κ2) is 7.22. The van der Waals surface area contributed by atoms with E-state index in [2.05, 4.69) is 0 Å². The number of nitrogens with zero attached hydrogens (tertiary/aromatic N) is 1. The minimum absolute atomic E-state index is 0.0342. The topological polar surface area (TPSA) is 66.8 Å². The Bertz CT molecular complexity index is 515. The summed E-state index contributed by atoms with van der Waals surface area (Å²) < 4.78 is 5.24. The standard InChI is InChI=1S/C16H21NO4/c1-2-21-9-5-8-15(18)17-11-13(16(19)20)10-12-6-3-4-7-14(12)17/h3-4,6-7,13H,2,5,8-11H2,1H3,(H,19,20). The highest BCUT2D eigenvalue weighted by molar-refractivity contribution is 5.95. The van der Waals surface area contributed by atoms with Gasteiger partial charge in [-0.1, -0.05) is 18.2 Å². The molecule has 1 amide bonds. The first-order valence-electron chi connectivity index (χ1n) is 7.32. The highest BCUT2D eigenvalue weighted by Gasteiger charge is 2.31. The van der Waals surface area contributed by atoms with Crippen LogP contribution in [0.3, 0.4) is 0 Å². The number of amides is 1. The molecule has 21 heavy (non-hydrogen) atoms. The van der Waals surface area contributed by atoms with Gasteiger partial charge in [-0.3, -0.25) is 9.59 Å². The van der Waals surface area contributed by atoms with Crippen LogP contribution in [0.25, 0.3) is 0 Å². The number of carboxylic acid groups (broad SMARTS) is 1. The molecule has 0 aromatic heterocycles. The van der Waals surface area contributed by atoms with Crippen LogP contribution in [-0.4, -0.2) is 36.7 Å². The lowest BCUT2D eigenvalue weighted by atomic mass is 9.92. The zero-order valence-corrected chi connectivity index (χ0v) is 12.2. The molecule has 1 aromatic carbocycles. The number of carbonyl (C=O) groups is 2. The highest BCUT2D eigenvalue weighted by Crippen LogP contribution is 2.30. The van der Waals surface area contributed by atoms with E-state index in [1.54, 1.807) is 4.90 Å². The largest absolute Gasteiger partial charge is 0.481 e. The van der Waals surface area contributed by atoms with Crippen molar-refractivity contribution in [2.75, 3.05) is 24.7 Å². The molecule has 0 saturated heterocycles. The van der Waals surface area contributed by atoms with Gasteiger partial charge in [0.1, 0.15) is 0 Å². The minimum atomic E-state index is -0.850. The predicted molar refractivity (Wildman–Crippen MR) is 79.4 cm³/mol. The van der Waals surface area contributed by atoms with Crippen molar-refractivity contribution in [3.8, 4) is 0 Å². The van der Waals surface area contributed by atoms with Crippen LogP contribution in [0.1, 0.15) is 25.3 Å². The number of hydrogen-bond acceptors (Lipinski definition) is 3. The van der Waals surface area contributed by atoms with Crippen LogP contribution in [-0.2, 0) is 20.7 Å². The van der Waals surface area contributed by atoms with E-state index in [1.165, 1.54) is 0 Å². The zero-order valence-electron chi connectivity index (χ0n) is 12.2. The number of hydrogen-bond donors (Lipinski definition) is 1. The van der Waals surface area contributed by atoms with E-state index in [-0.39, 0.29) is 12.5 Å². The molecule has 1 atom stereocenters. The van der Waals surface area contributed by atoms with Crippen molar-refractivity contribution in [1.82, 2.24) is 0 Å². The first-order valence-corrected chi connectivity index (χ1v) is 7.32. The van der Waals surface area contributed by atoms with Gasteiger partial charge in [0.05, 0.1) is 5.92 Å². The van der Waals surface area contributed by atoms with Crippen molar-refractivity contribution >= 4 is 17.6 Å². The van der Waals surface area contributed by atoms with E-state index in [0.717, 1.165) is 11.3 Å². The van der Waals surface area contributed by atoms with E-state index in [4.69, 9.17) is 4.74 Å². The van der Waals surface area contributed by atoms with Gasteiger partial charge in [-0.2, -0.15) is 0 Å². The molecule has 1 unspecified atom stereocenters. The first-order chi connectivity index (χ1) is 10.1. The van der Waals surface area contributed by atoms with Gasteiger partial charge in [0.2, 0.25) is 5.91 Å². The minimum Gasteiger partial charge on any atom is -0.481 e. The Morgan fingerprint density at radius 3 is 2.86 bits per heavy atom. The van der Waals surface area contributed by atoms with Gasteiger partial charge in [-0.15, -0.1) is 0 Å². The number of benzene rings is 1. The summed E-state index contributed by atoms with van der Waals surface area (Å²) in [6.45, 7) is 3.36. The number of rotatable bonds is 6. The van der Waals surface area contributed by atoms with Gasteiger partial charge in [0.25, 0.3) is 0 Å². The number of ether oxygens (including phenoxy) is 1. The van der Waals surface area contributed by atoms with Gasteiger partial charge < -0.3 is 14.7 Å². The molecule has 1 aliphatic rings. The van der Waals surface area contributed by atoms with E-state index >= 15 is 0 Å². The van der Waals surface area contributed by atoms with Gasteiger partial charge >= 0.3 is 5.97 Å². The summed E-state index contributed by atoms with van der Waals surface area (Å²) >= 11 is 0.